The number of benzene rings is 2. The number of piperidine rings is 1. The Hall–Kier alpha value is -2.99. The Labute approximate surface area is 176 Å². The number of ether oxygens (including phenoxy) is 1. The number of amides is 1. The summed E-state index contributed by atoms with van der Waals surface area (Å²) in [5.41, 5.74) is 2.31. The summed E-state index contributed by atoms with van der Waals surface area (Å²) in [6.45, 7) is 5.57. The van der Waals surface area contributed by atoms with Crippen LogP contribution in [-0.4, -0.2) is 53.2 Å². The zero-order chi connectivity index (χ0) is 20.9. The number of aromatic hydroxyl groups is 1. The minimum absolute atomic E-state index is 0.0703. The lowest BCUT2D eigenvalue weighted by molar-refractivity contribution is 0.0910. The number of carbonyl (C=O) groups is 1. The molecule has 0 aliphatic carbocycles. The van der Waals surface area contributed by atoms with Gasteiger partial charge in [0.15, 0.2) is 0 Å². The molecule has 0 bridgehead atoms. The van der Waals surface area contributed by atoms with E-state index < -0.39 is 0 Å². The van der Waals surface area contributed by atoms with Crippen LogP contribution in [0.25, 0.3) is 10.9 Å². The van der Waals surface area contributed by atoms with Crippen LogP contribution in [0.1, 0.15) is 35.3 Å². The van der Waals surface area contributed by atoms with Crippen LogP contribution in [0.4, 0.5) is 0 Å². The van der Waals surface area contributed by atoms with E-state index in [1.54, 1.807) is 18.2 Å². The summed E-state index contributed by atoms with van der Waals surface area (Å²) in [7, 11) is 0. The van der Waals surface area contributed by atoms with Crippen LogP contribution in [0.2, 0.25) is 0 Å². The Kier molecular flexibility index (Phi) is 6.23. The lowest BCUT2D eigenvalue weighted by Gasteiger charge is -2.32. The zero-order valence-electron chi connectivity index (χ0n) is 17.4. The third-order valence-electron chi connectivity index (χ3n) is 5.75. The third kappa shape index (κ3) is 4.76. The van der Waals surface area contributed by atoms with Gasteiger partial charge in [0, 0.05) is 42.3 Å². The zero-order valence-corrected chi connectivity index (χ0v) is 17.4. The Balaban J connectivity index is 1.23. The van der Waals surface area contributed by atoms with Gasteiger partial charge in [-0.2, -0.15) is 0 Å². The summed E-state index contributed by atoms with van der Waals surface area (Å²) in [4.78, 5) is 18.6. The number of rotatable bonds is 7. The molecule has 158 valence electrons. The molecule has 3 N–H and O–H groups in total. The second-order valence-corrected chi connectivity index (χ2v) is 7.96. The van der Waals surface area contributed by atoms with Crippen LogP contribution in [-0.2, 0) is 0 Å². The fourth-order valence-electron chi connectivity index (χ4n) is 4.16. The van der Waals surface area contributed by atoms with Crippen LogP contribution in [0.5, 0.6) is 11.5 Å². The number of hydrogen-bond acceptors (Lipinski definition) is 4. The average Bonchev–Trinajstić information content (AvgIpc) is 3.08. The van der Waals surface area contributed by atoms with Crippen molar-refractivity contribution in [2.75, 3.05) is 26.2 Å². The highest BCUT2D eigenvalue weighted by atomic mass is 16.5. The van der Waals surface area contributed by atoms with Crippen LogP contribution in [0.15, 0.2) is 48.5 Å². The van der Waals surface area contributed by atoms with E-state index in [9.17, 15) is 9.90 Å². The lowest BCUT2D eigenvalue weighted by Crippen LogP contribution is -2.45. The maximum Gasteiger partial charge on any atom is 0.253 e. The minimum Gasteiger partial charge on any atom is -0.508 e. The predicted octanol–water partition coefficient (Wildman–Crippen LogP) is 3.85. The SMILES string of the molecule is Cc1[nH]c2ccc(O)cc2c1C(=O)NC1CCN(CCCOc2ccccc2)CC1. The van der Waals surface area contributed by atoms with Crippen molar-refractivity contribution >= 4 is 16.8 Å². The first-order chi connectivity index (χ1) is 14.6. The van der Waals surface area contributed by atoms with Gasteiger partial charge in [0.1, 0.15) is 11.5 Å². The molecule has 6 heteroatoms. The van der Waals surface area contributed by atoms with E-state index >= 15 is 0 Å². The van der Waals surface area contributed by atoms with Gasteiger partial charge in [-0.25, -0.2) is 0 Å². The molecule has 2 aromatic carbocycles. The van der Waals surface area contributed by atoms with E-state index in [4.69, 9.17) is 4.74 Å². The van der Waals surface area contributed by atoms with E-state index in [1.165, 1.54) is 0 Å². The molecule has 1 aromatic heterocycles. The number of aryl methyl sites for hydroxylation is 1. The number of carbonyl (C=O) groups excluding carboxylic acids is 1. The third-order valence-corrected chi connectivity index (χ3v) is 5.75. The van der Waals surface area contributed by atoms with Crippen molar-refractivity contribution in [1.29, 1.82) is 0 Å². The Morgan fingerprint density at radius 3 is 2.73 bits per heavy atom. The molecule has 1 aliphatic rings. The molecule has 0 atom stereocenters. The number of phenolic OH excluding ortho intramolecular Hbond substituents is 1. The lowest BCUT2D eigenvalue weighted by atomic mass is 10.0. The normalized spacial score (nSPS) is 15.4. The fourth-order valence-corrected chi connectivity index (χ4v) is 4.16. The van der Waals surface area contributed by atoms with Crippen LogP contribution < -0.4 is 10.1 Å². The first-order valence-corrected chi connectivity index (χ1v) is 10.6. The topological polar surface area (TPSA) is 77.6 Å². The van der Waals surface area contributed by atoms with Crippen molar-refractivity contribution in [3.63, 3.8) is 0 Å². The summed E-state index contributed by atoms with van der Waals surface area (Å²) in [5, 5.41) is 13.7. The molecule has 1 fully saturated rings. The molecule has 1 aliphatic heterocycles. The summed E-state index contributed by atoms with van der Waals surface area (Å²) in [5.74, 6) is 1.01. The van der Waals surface area contributed by atoms with Crippen molar-refractivity contribution in [2.24, 2.45) is 0 Å². The molecule has 0 spiro atoms. The Bertz CT molecular complexity index is 992. The molecule has 4 rings (SSSR count). The van der Waals surface area contributed by atoms with Gasteiger partial charge in [0.25, 0.3) is 5.91 Å². The number of fused-ring (bicyclic) bond motifs is 1. The van der Waals surface area contributed by atoms with E-state index in [1.807, 2.05) is 37.3 Å². The summed E-state index contributed by atoms with van der Waals surface area (Å²) in [6, 6.07) is 15.2. The second-order valence-electron chi connectivity index (χ2n) is 7.96. The average molecular weight is 408 g/mol. The number of aromatic nitrogens is 1. The molecule has 0 saturated carbocycles. The number of likely N-dealkylation sites (tertiary alicyclic amines) is 1. The van der Waals surface area contributed by atoms with Gasteiger partial charge < -0.3 is 25.0 Å². The maximum atomic E-state index is 12.9. The highest BCUT2D eigenvalue weighted by Crippen LogP contribution is 2.26. The standard InChI is InChI=1S/C24H29N3O3/c1-17-23(21-16-19(28)8-9-22(21)25-17)24(29)26-18-10-13-27(14-11-18)12-5-15-30-20-6-3-2-4-7-20/h2-4,6-9,16,18,25,28H,5,10-15H2,1H3,(H,26,29). The van der Waals surface area contributed by atoms with Gasteiger partial charge in [0.05, 0.1) is 12.2 Å². The molecule has 0 radical (unpaired) electrons. The Morgan fingerprint density at radius 2 is 1.97 bits per heavy atom. The second kappa shape index (κ2) is 9.22. The van der Waals surface area contributed by atoms with E-state index in [2.05, 4.69) is 15.2 Å². The fraction of sp³-hybridized carbons (Fsp3) is 0.375. The van der Waals surface area contributed by atoms with E-state index in [0.717, 1.165) is 61.2 Å². The maximum absolute atomic E-state index is 12.9. The molecular weight excluding hydrogens is 378 g/mol. The van der Waals surface area contributed by atoms with Crippen LogP contribution >= 0.6 is 0 Å². The van der Waals surface area contributed by atoms with Gasteiger partial charge in [0.2, 0.25) is 0 Å². The van der Waals surface area contributed by atoms with E-state index in [-0.39, 0.29) is 17.7 Å². The smallest absolute Gasteiger partial charge is 0.253 e. The number of para-hydroxylation sites is 1. The molecule has 1 saturated heterocycles. The minimum atomic E-state index is -0.0703. The van der Waals surface area contributed by atoms with Gasteiger partial charge >= 0.3 is 0 Å². The number of aromatic amines is 1. The number of nitrogens with zero attached hydrogens (tertiary/aromatic N) is 1. The molecule has 3 aromatic rings. The van der Waals surface area contributed by atoms with Gasteiger partial charge in [-0.05, 0) is 56.5 Å². The number of H-pyrrole nitrogens is 1. The summed E-state index contributed by atoms with van der Waals surface area (Å²) < 4.78 is 5.76. The van der Waals surface area contributed by atoms with Gasteiger partial charge in [-0.15, -0.1) is 0 Å². The predicted molar refractivity (Wildman–Crippen MR) is 118 cm³/mol. The largest absolute Gasteiger partial charge is 0.508 e. The van der Waals surface area contributed by atoms with Crippen molar-refractivity contribution in [3.8, 4) is 11.5 Å². The molecule has 30 heavy (non-hydrogen) atoms. The molecule has 0 unspecified atom stereocenters. The Morgan fingerprint density at radius 1 is 1.20 bits per heavy atom. The molecule has 6 nitrogen and oxygen atoms in total. The van der Waals surface area contributed by atoms with Crippen molar-refractivity contribution in [2.45, 2.75) is 32.2 Å². The highest BCUT2D eigenvalue weighted by Gasteiger charge is 2.23. The van der Waals surface area contributed by atoms with Crippen molar-refractivity contribution in [1.82, 2.24) is 15.2 Å². The molecule has 1 amide bonds. The first-order valence-electron chi connectivity index (χ1n) is 10.6. The summed E-state index contributed by atoms with van der Waals surface area (Å²) >= 11 is 0. The van der Waals surface area contributed by atoms with Crippen LogP contribution in [0, 0.1) is 6.92 Å². The molecule has 2 heterocycles. The van der Waals surface area contributed by atoms with Gasteiger partial charge in [-0.1, -0.05) is 18.2 Å². The number of hydrogen-bond donors (Lipinski definition) is 3. The quantitative estimate of drug-likeness (QED) is 0.520. The van der Waals surface area contributed by atoms with Crippen LogP contribution in [0.3, 0.4) is 0 Å². The highest BCUT2D eigenvalue weighted by molar-refractivity contribution is 6.08. The molecular formula is C24H29N3O3. The number of nitrogens with one attached hydrogen (secondary N) is 2. The van der Waals surface area contributed by atoms with Crippen molar-refractivity contribution < 1.29 is 14.6 Å². The van der Waals surface area contributed by atoms with E-state index in [0.29, 0.717) is 12.2 Å². The summed E-state index contributed by atoms with van der Waals surface area (Å²) in [6.07, 6.45) is 2.87. The monoisotopic (exact) mass is 407 g/mol. The van der Waals surface area contributed by atoms with Crippen molar-refractivity contribution in [3.05, 3.63) is 59.8 Å². The first kappa shape index (κ1) is 20.3. The number of phenols is 1. The van der Waals surface area contributed by atoms with Gasteiger partial charge in [-0.3, -0.25) is 4.79 Å².